The standard InChI is InChI=1S/C13H17NO2/c1-9(13(15)16)14-12-8-4-6-10-5-2-3-7-11(10)12/h4,6,8-9,14H,2-3,5,7H2,1H3,(H,15,16)/t9-/m0/s1. The summed E-state index contributed by atoms with van der Waals surface area (Å²) in [7, 11) is 0. The Bertz CT molecular complexity index is 401. The second-order valence-electron chi connectivity index (χ2n) is 4.35. The summed E-state index contributed by atoms with van der Waals surface area (Å²) < 4.78 is 0. The Morgan fingerprint density at radius 3 is 2.88 bits per heavy atom. The van der Waals surface area contributed by atoms with E-state index in [0.29, 0.717) is 0 Å². The monoisotopic (exact) mass is 219 g/mol. The van der Waals surface area contributed by atoms with Crippen LogP contribution in [0.25, 0.3) is 0 Å². The summed E-state index contributed by atoms with van der Waals surface area (Å²) in [5, 5.41) is 12.0. The van der Waals surface area contributed by atoms with Gasteiger partial charge in [-0.05, 0) is 49.8 Å². The summed E-state index contributed by atoms with van der Waals surface area (Å²) in [4.78, 5) is 10.8. The van der Waals surface area contributed by atoms with Crippen molar-refractivity contribution in [2.75, 3.05) is 5.32 Å². The van der Waals surface area contributed by atoms with E-state index in [1.807, 2.05) is 12.1 Å². The quantitative estimate of drug-likeness (QED) is 0.821. The van der Waals surface area contributed by atoms with Crippen LogP contribution in [0.15, 0.2) is 18.2 Å². The first-order valence-electron chi connectivity index (χ1n) is 5.78. The fourth-order valence-corrected chi connectivity index (χ4v) is 2.21. The highest BCUT2D eigenvalue weighted by Crippen LogP contribution is 2.28. The molecular formula is C13H17NO2. The van der Waals surface area contributed by atoms with Crippen LogP contribution in [0.2, 0.25) is 0 Å². The van der Waals surface area contributed by atoms with Crippen LogP contribution >= 0.6 is 0 Å². The molecule has 2 rings (SSSR count). The summed E-state index contributed by atoms with van der Waals surface area (Å²) in [6.07, 6.45) is 4.62. The summed E-state index contributed by atoms with van der Waals surface area (Å²) in [6, 6.07) is 5.59. The van der Waals surface area contributed by atoms with Gasteiger partial charge in [-0.3, -0.25) is 4.79 Å². The van der Waals surface area contributed by atoms with Gasteiger partial charge in [0.15, 0.2) is 0 Å². The molecule has 1 aromatic carbocycles. The van der Waals surface area contributed by atoms with Crippen molar-refractivity contribution < 1.29 is 9.90 Å². The van der Waals surface area contributed by atoms with Gasteiger partial charge in [0.25, 0.3) is 0 Å². The predicted molar refractivity (Wildman–Crippen MR) is 63.8 cm³/mol. The molecule has 0 fully saturated rings. The van der Waals surface area contributed by atoms with Crippen LogP contribution in [-0.4, -0.2) is 17.1 Å². The van der Waals surface area contributed by atoms with E-state index in [2.05, 4.69) is 11.4 Å². The molecule has 2 N–H and O–H groups in total. The van der Waals surface area contributed by atoms with Crippen LogP contribution in [0.5, 0.6) is 0 Å². The predicted octanol–water partition coefficient (Wildman–Crippen LogP) is 2.45. The molecule has 0 bridgehead atoms. The van der Waals surface area contributed by atoms with Gasteiger partial charge in [0.2, 0.25) is 0 Å². The number of aryl methyl sites for hydroxylation is 1. The second kappa shape index (κ2) is 4.56. The topological polar surface area (TPSA) is 49.3 Å². The van der Waals surface area contributed by atoms with E-state index in [1.54, 1.807) is 6.92 Å². The van der Waals surface area contributed by atoms with Gasteiger partial charge in [-0.15, -0.1) is 0 Å². The average molecular weight is 219 g/mol. The molecule has 0 aromatic heterocycles. The van der Waals surface area contributed by atoms with E-state index < -0.39 is 12.0 Å². The molecule has 0 radical (unpaired) electrons. The smallest absolute Gasteiger partial charge is 0.325 e. The number of benzene rings is 1. The van der Waals surface area contributed by atoms with Crippen molar-refractivity contribution in [1.29, 1.82) is 0 Å². The van der Waals surface area contributed by atoms with E-state index in [4.69, 9.17) is 5.11 Å². The summed E-state index contributed by atoms with van der Waals surface area (Å²) >= 11 is 0. The van der Waals surface area contributed by atoms with Gasteiger partial charge in [0.05, 0.1) is 0 Å². The minimum Gasteiger partial charge on any atom is -0.480 e. The van der Waals surface area contributed by atoms with E-state index in [0.717, 1.165) is 18.5 Å². The van der Waals surface area contributed by atoms with Gasteiger partial charge in [0.1, 0.15) is 6.04 Å². The summed E-state index contributed by atoms with van der Waals surface area (Å²) in [5.74, 6) is -0.812. The molecule has 0 saturated heterocycles. The van der Waals surface area contributed by atoms with Crippen LogP contribution in [0, 0.1) is 0 Å². The van der Waals surface area contributed by atoms with Gasteiger partial charge in [0, 0.05) is 5.69 Å². The number of carboxylic acids is 1. The number of nitrogens with one attached hydrogen (secondary N) is 1. The molecule has 1 aliphatic carbocycles. The third kappa shape index (κ3) is 2.18. The Kier molecular flexibility index (Phi) is 3.13. The van der Waals surface area contributed by atoms with Crippen molar-refractivity contribution in [2.45, 2.75) is 38.6 Å². The van der Waals surface area contributed by atoms with Gasteiger partial charge < -0.3 is 10.4 Å². The van der Waals surface area contributed by atoms with Crippen molar-refractivity contribution >= 4 is 11.7 Å². The van der Waals surface area contributed by atoms with Crippen LogP contribution in [0.4, 0.5) is 5.69 Å². The van der Waals surface area contributed by atoms with E-state index in [-0.39, 0.29) is 0 Å². The molecule has 0 spiro atoms. The maximum absolute atomic E-state index is 10.8. The Balaban J connectivity index is 2.24. The largest absolute Gasteiger partial charge is 0.480 e. The molecule has 0 unspecified atom stereocenters. The molecule has 3 nitrogen and oxygen atoms in total. The first-order valence-corrected chi connectivity index (χ1v) is 5.78. The number of hydrogen-bond donors (Lipinski definition) is 2. The number of fused-ring (bicyclic) bond motifs is 1. The highest BCUT2D eigenvalue weighted by atomic mass is 16.4. The van der Waals surface area contributed by atoms with E-state index >= 15 is 0 Å². The van der Waals surface area contributed by atoms with Crippen molar-refractivity contribution in [3.8, 4) is 0 Å². The summed E-state index contributed by atoms with van der Waals surface area (Å²) in [5.41, 5.74) is 3.67. The minimum absolute atomic E-state index is 0.534. The average Bonchev–Trinajstić information content (AvgIpc) is 2.29. The molecule has 3 heteroatoms. The van der Waals surface area contributed by atoms with Gasteiger partial charge in [-0.2, -0.15) is 0 Å². The van der Waals surface area contributed by atoms with Crippen molar-refractivity contribution in [2.24, 2.45) is 0 Å². The van der Waals surface area contributed by atoms with Crippen molar-refractivity contribution in [3.63, 3.8) is 0 Å². The Morgan fingerprint density at radius 1 is 1.38 bits per heavy atom. The Morgan fingerprint density at radius 2 is 2.12 bits per heavy atom. The first-order chi connectivity index (χ1) is 7.68. The number of rotatable bonds is 3. The maximum Gasteiger partial charge on any atom is 0.325 e. The Hall–Kier alpha value is -1.51. The Labute approximate surface area is 95.5 Å². The lowest BCUT2D eigenvalue weighted by molar-refractivity contribution is -0.137. The van der Waals surface area contributed by atoms with Crippen LogP contribution in [0.3, 0.4) is 0 Å². The normalized spacial score (nSPS) is 16.3. The van der Waals surface area contributed by atoms with Crippen LogP contribution < -0.4 is 5.32 Å². The SMILES string of the molecule is C[C@H](Nc1cccc2c1CCCC2)C(=O)O. The third-order valence-corrected chi connectivity index (χ3v) is 3.14. The van der Waals surface area contributed by atoms with Crippen LogP contribution in [0.1, 0.15) is 30.9 Å². The molecule has 1 aliphatic rings. The molecule has 0 amide bonds. The number of carboxylic acid groups (broad SMARTS) is 1. The molecule has 0 heterocycles. The fraction of sp³-hybridized carbons (Fsp3) is 0.462. The van der Waals surface area contributed by atoms with Gasteiger partial charge in [-0.25, -0.2) is 0 Å². The zero-order chi connectivity index (χ0) is 11.5. The van der Waals surface area contributed by atoms with Crippen molar-refractivity contribution in [3.05, 3.63) is 29.3 Å². The lowest BCUT2D eigenvalue weighted by Gasteiger charge is -2.21. The number of anilines is 1. The maximum atomic E-state index is 10.8. The number of carbonyl (C=O) groups is 1. The van der Waals surface area contributed by atoms with E-state index in [1.165, 1.54) is 24.0 Å². The zero-order valence-electron chi connectivity index (χ0n) is 9.49. The second-order valence-corrected chi connectivity index (χ2v) is 4.35. The van der Waals surface area contributed by atoms with Crippen molar-refractivity contribution in [1.82, 2.24) is 0 Å². The molecule has 86 valence electrons. The number of hydrogen-bond acceptors (Lipinski definition) is 2. The first kappa shape index (κ1) is 11.0. The van der Waals surface area contributed by atoms with E-state index in [9.17, 15) is 4.79 Å². The summed E-state index contributed by atoms with van der Waals surface area (Å²) in [6.45, 7) is 1.67. The lowest BCUT2D eigenvalue weighted by Crippen LogP contribution is -2.26. The molecule has 16 heavy (non-hydrogen) atoms. The molecule has 1 atom stereocenters. The molecule has 1 aromatic rings. The zero-order valence-corrected chi connectivity index (χ0v) is 9.49. The molecule has 0 saturated carbocycles. The van der Waals surface area contributed by atoms with Gasteiger partial charge in [-0.1, -0.05) is 12.1 Å². The molecular weight excluding hydrogens is 202 g/mol. The molecule has 0 aliphatic heterocycles. The van der Waals surface area contributed by atoms with Crippen LogP contribution in [-0.2, 0) is 17.6 Å². The number of aliphatic carboxylic acids is 1. The van der Waals surface area contributed by atoms with Gasteiger partial charge >= 0.3 is 5.97 Å². The minimum atomic E-state index is -0.812. The lowest BCUT2D eigenvalue weighted by atomic mass is 9.90. The fourth-order valence-electron chi connectivity index (χ4n) is 2.21. The highest BCUT2D eigenvalue weighted by Gasteiger charge is 2.16. The highest BCUT2D eigenvalue weighted by molar-refractivity contribution is 5.77. The third-order valence-electron chi connectivity index (χ3n) is 3.14.